The second kappa shape index (κ2) is 8.90. The van der Waals surface area contributed by atoms with Gasteiger partial charge in [-0.2, -0.15) is 4.94 Å². The van der Waals surface area contributed by atoms with Crippen molar-refractivity contribution in [3.63, 3.8) is 0 Å². The van der Waals surface area contributed by atoms with Crippen LogP contribution < -0.4 is 0 Å². The number of hydrogen-bond donors (Lipinski definition) is 0. The lowest BCUT2D eigenvalue weighted by atomic mass is 10.2. The van der Waals surface area contributed by atoms with E-state index < -0.39 is 5.79 Å². The molecule has 4 heteroatoms. The third kappa shape index (κ3) is 6.40. The van der Waals surface area contributed by atoms with Gasteiger partial charge in [0.2, 0.25) is 5.79 Å². The molecule has 1 atom stereocenters. The van der Waals surface area contributed by atoms with Crippen molar-refractivity contribution in [1.29, 1.82) is 0 Å². The molecule has 0 aromatic carbocycles. The molecule has 0 fully saturated rings. The molecule has 16 heavy (non-hydrogen) atoms. The minimum atomic E-state index is -1.22. The Hall–Kier alpha value is -0.190. The summed E-state index contributed by atoms with van der Waals surface area (Å²) >= 11 is 0. The molecule has 0 aliphatic carbocycles. The molecular weight excluding hydrogens is 211 g/mol. The molecule has 3 nitrogen and oxygen atoms in total. The molecule has 0 saturated carbocycles. The van der Waals surface area contributed by atoms with E-state index in [1.54, 1.807) is 0 Å². The highest BCUT2D eigenvalue weighted by atomic mass is 19.3. The van der Waals surface area contributed by atoms with Crippen LogP contribution in [0.3, 0.4) is 0 Å². The van der Waals surface area contributed by atoms with Crippen LogP contribution in [0.2, 0.25) is 0 Å². The van der Waals surface area contributed by atoms with Gasteiger partial charge in [0, 0.05) is 13.0 Å². The van der Waals surface area contributed by atoms with Crippen LogP contribution in [0, 0.1) is 5.92 Å². The number of rotatable bonds is 10. The Bertz CT molecular complexity index is 158. The first-order valence-corrected chi connectivity index (χ1v) is 6.11. The highest BCUT2D eigenvalue weighted by Crippen LogP contribution is 2.20. The molecule has 1 unspecified atom stereocenters. The lowest BCUT2D eigenvalue weighted by molar-refractivity contribution is -0.361. The normalized spacial score (nSPS) is 15.4. The quantitative estimate of drug-likeness (QED) is 0.429. The van der Waals surface area contributed by atoms with Crippen molar-refractivity contribution in [2.45, 2.75) is 52.7 Å². The minimum Gasteiger partial charge on any atom is -0.376 e. The number of hydrogen-bond acceptors (Lipinski definition) is 3. The van der Waals surface area contributed by atoms with Crippen molar-refractivity contribution in [3.8, 4) is 0 Å². The summed E-state index contributed by atoms with van der Waals surface area (Å²) in [6.07, 6.45) is 2.46. The van der Waals surface area contributed by atoms with Crippen LogP contribution >= 0.6 is 0 Å². The zero-order valence-electron chi connectivity index (χ0n) is 10.9. The van der Waals surface area contributed by atoms with Crippen LogP contribution in [0.1, 0.15) is 47.0 Å². The molecule has 0 spiro atoms. The monoisotopic (exact) mass is 236 g/mol. The van der Waals surface area contributed by atoms with Gasteiger partial charge in [0.05, 0.1) is 6.61 Å². The molecule has 0 rings (SSSR count). The predicted molar refractivity (Wildman–Crippen MR) is 61.7 cm³/mol. The Morgan fingerprint density at radius 2 is 1.94 bits per heavy atom. The standard InChI is InChI=1S/C12H25FO3/c1-5-7-8-14-10-12(6-2,16-13)15-9-11(3)4/h11H,5-10H2,1-4H3. The van der Waals surface area contributed by atoms with E-state index in [0.29, 0.717) is 25.6 Å². The van der Waals surface area contributed by atoms with E-state index in [1.165, 1.54) is 0 Å². The fourth-order valence-corrected chi connectivity index (χ4v) is 1.14. The van der Waals surface area contributed by atoms with E-state index in [-0.39, 0.29) is 6.61 Å². The van der Waals surface area contributed by atoms with Gasteiger partial charge in [0.1, 0.15) is 6.61 Å². The molecule has 0 aromatic rings. The molecular formula is C12H25FO3. The first-order valence-electron chi connectivity index (χ1n) is 6.11. The van der Waals surface area contributed by atoms with Crippen molar-refractivity contribution in [2.75, 3.05) is 19.8 Å². The van der Waals surface area contributed by atoms with E-state index in [4.69, 9.17) is 9.47 Å². The summed E-state index contributed by atoms with van der Waals surface area (Å²) in [4.78, 5) is 3.97. The summed E-state index contributed by atoms with van der Waals surface area (Å²) in [7, 11) is 0. The first kappa shape index (κ1) is 15.8. The summed E-state index contributed by atoms with van der Waals surface area (Å²) < 4.78 is 23.4. The van der Waals surface area contributed by atoms with Gasteiger partial charge in [0.15, 0.2) is 0 Å². The summed E-state index contributed by atoms with van der Waals surface area (Å²) in [5.41, 5.74) is 0. The summed E-state index contributed by atoms with van der Waals surface area (Å²) in [5.74, 6) is -0.880. The zero-order valence-corrected chi connectivity index (χ0v) is 10.9. The Morgan fingerprint density at radius 3 is 2.38 bits per heavy atom. The highest BCUT2D eigenvalue weighted by molar-refractivity contribution is 4.66. The van der Waals surface area contributed by atoms with Gasteiger partial charge < -0.3 is 9.47 Å². The molecule has 0 saturated heterocycles. The zero-order chi connectivity index (χ0) is 12.4. The molecule has 0 aliphatic heterocycles. The maximum Gasteiger partial charge on any atom is 0.230 e. The second-order valence-corrected chi connectivity index (χ2v) is 4.45. The smallest absolute Gasteiger partial charge is 0.230 e. The van der Waals surface area contributed by atoms with Crippen LogP contribution in [-0.4, -0.2) is 25.6 Å². The van der Waals surface area contributed by atoms with Crippen LogP contribution in [0.15, 0.2) is 0 Å². The van der Waals surface area contributed by atoms with Gasteiger partial charge >= 0.3 is 0 Å². The fourth-order valence-electron chi connectivity index (χ4n) is 1.14. The summed E-state index contributed by atoms with van der Waals surface area (Å²) in [5, 5.41) is 0. The first-order chi connectivity index (χ1) is 7.60. The topological polar surface area (TPSA) is 27.7 Å². The third-order valence-electron chi connectivity index (χ3n) is 2.32. The van der Waals surface area contributed by atoms with Crippen LogP contribution in [0.5, 0.6) is 0 Å². The number of ether oxygens (including phenoxy) is 2. The summed E-state index contributed by atoms with van der Waals surface area (Å²) in [6, 6.07) is 0. The molecule has 0 radical (unpaired) electrons. The van der Waals surface area contributed by atoms with Crippen LogP contribution in [0.4, 0.5) is 4.53 Å². The van der Waals surface area contributed by atoms with Crippen molar-refractivity contribution in [3.05, 3.63) is 0 Å². The van der Waals surface area contributed by atoms with Gasteiger partial charge in [-0.1, -0.05) is 34.1 Å². The molecule has 0 N–H and O–H groups in total. The van der Waals surface area contributed by atoms with Gasteiger partial charge in [0.25, 0.3) is 0 Å². The van der Waals surface area contributed by atoms with E-state index in [9.17, 15) is 4.53 Å². The maximum absolute atomic E-state index is 12.6. The van der Waals surface area contributed by atoms with Gasteiger partial charge in [-0.15, -0.1) is 0 Å². The highest BCUT2D eigenvalue weighted by Gasteiger charge is 2.32. The lowest BCUT2D eigenvalue weighted by Crippen LogP contribution is -2.39. The molecule has 0 amide bonds. The SMILES string of the molecule is CCCCOCC(CC)(OF)OCC(C)C. The predicted octanol–water partition coefficient (Wildman–Crippen LogP) is 3.48. The Labute approximate surface area is 98.2 Å². The Balaban J connectivity index is 4.00. The van der Waals surface area contributed by atoms with Crippen molar-refractivity contribution >= 4 is 0 Å². The van der Waals surface area contributed by atoms with Crippen molar-refractivity contribution in [2.24, 2.45) is 5.92 Å². The van der Waals surface area contributed by atoms with Crippen LogP contribution in [0.25, 0.3) is 0 Å². The molecule has 0 aromatic heterocycles. The summed E-state index contributed by atoms with van der Waals surface area (Å²) in [6.45, 7) is 9.15. The van der Waals surface area contributed by atoms with Gasteiger partial charge in [-0.05, 0) is 16.9 Å². The Morgan fingerprint density at radius 1 is 1.25 bits per heavy atom. The number of halogens is 1. The molecule has 98 valence electrons. The molecule has 0 heterocycles. The van der Waals surface area contributed by atoms with Crippen molar-refractivity contribution in [1.82, 2.24) is 0 Å². The number of unbranched alkanes of at least 4 members (excludes halogenated alkanes) is 1. The van der Waals surface area contributed by atoms with E-state index in [2.05, 4.69) is 11.9 Å². The fraction of sp³-hybridized carbons (Fsp3) is 1.00. The Kier molecular flexibility index (Phi) is 8.80. The van der Waals surface area contributed by atoms with E-state index in [1.807, 2.05) is 20.8 Å². The van der Waals surface area contributed by atoms with Gasteiger partial charge in [-0.3, -0.25) is 0 Å². The van der Waals surface area contributed by atoms with Crippen LogP contribution in [-0.2, 0) is 14.4 Å². The average molecular weight is 236 g/mol. The average Bonchev–Trinajstić information content (AvgIpc) is 2.29. The largest absolute Gasteiger partial charge is 0.376 e. The van der Waals surface area contributed by atoms with E-state index >= 15 is 0 Å². The molecule has 0 aliphatic rings. The van der Waals surface area contributed by atoms with E-state index in [0.717, 1.165) is 12.8 Å². The minimum absolute atomic E-state index is 0.146. The maximum atomic E-state index is 12.6. The molecule has 0 bridgehead atoms. The second-order valence-electron chi connectivity index (χ2n) is 4.45. The van der Waals surface area contributed by atoms with Gasteiger partial charge in [-0.25, -0.2) is 0 Å². The lowest BCUT2D eigenvalue weighted by Gasteiger charge is -2.28. The van der Waals surface area contributed by atoms with Crippen molar-refractivity contribution < 1.29 is 18.9 Å². The third-order valence-corrected chi connectivity index (χ3v) is 2.32.